The SMILES string of the molecule is CC(C)C(O)(Cn1cncn1)c1ccc(Oc2ccc(Cl)cc2)cc1C(F)(F)F.CC(Cc1ccc(C(C)(C)C)cc1)CN1C[C@@H](C)O[C@@H](C)C1. The monoisotopic (exact) mass is 728 g/mol. The second-order valence-electron chi connectivity index (χ2n) is 15.2. The predicted molar refractivity (Wildman–Crippen MR) is 196 cm³/mol. The zero-order valence-corrected chi connectivity index (χ0v) is 31.7. The van der Waals surface area contributed by atoms with Crippen molar-refractivity contribution in [3.05, 3.63) is 107 Å². The molecule has 11 heteroatoms. The van der Waals surface area contributed by atoms with E-state index in [0.717, 1.165) is 25.6 Å². The van der Waals surface area contributed by atoms with Crippen molar-refractivity contribution in [1.29, 1.82) is 0 Å². The fourth-order valence-corrected chi connectivity index (χ4v) is 6.59. The van der Waals surface area contributed by atoms with Crippen LogP contribution in [0.15, 0.2) is 79.4 Å². The van der Waals surface area contributed by atoms with Crippen LogP contribution in [0.2, 0.25) is 5.02 Å². The van der Waals surface area contributed by atoms with E-state index < -0.39 is 23.3 Å². The average Bonchev–Trinajstić information content (AvgIpc) is 3.54. The zero-order chi connectivity index (χ0) is 37.6. The van der Waals surface area contributed by atoms with Crippen molar-refractivity contribution in [2.45, 2.75) is 97.8 Å². The number of alkyl halides is 3. The number of benzene rings is 3. The molecule has 51 heavy (non-hydrogen) atoms. The summed E-state index contributed by atoms with van der Waals surface area (Å²) in [5, 5.41) is 15.6. The fraction of sp³-hybridized carbons (Fsp3) is 0.500. The van der Waals surface area contributed by atoms with E-state index in [4.69, 9.17) is 21.1 Å². The van der Waals surface area contributed by atoms with Gasteiger partial charge in [-0.05, 0) is 90.6 Å². The lowest BCUT2D eigenvalue weighted by molar-refractivity contribution is -0.142. The van der Waals surface area contributed by atoms with E-state index in [2.05, 4.69) is 80.8 Å². The largest absolute Gasteiger partial charge is 0.457 e. The number of morpholine rings is 1. The molecule has 4 aromatic rings. The Morgan fingerprint density at radius 3 is 2.04 bits per heavy atom. The summed E-state index contributed by atoms with van der Waals surface area (Å²) in [6.07, 6.45) is -0.207. The molecule has 5 rings (SSSR count). The highest BCUT2D eigenvalue weighted by atomic mass is 35.5. The minimum atomic E-state index is -4.69. The van der Waals surface area contributed by atoms with Crippen molar-refractivity contribution in [2.75, 3.05) is 19.6 Å². The van der Waals surface area contributed by atoms with Crippen LogP contribution in [0, 0.1) is 11.8 Å². The third kappa shape index (κ3) is 11.5. The third-order valence-electron chi connectivity index (χ3n) is 9.11. The standard InChI is InChI=1S/C20H19ClF3N3O2.C20H33NO/c1-13(2)19(28,10-27-12-25-11-26-27)17-8-7-16(9-18(17)20(22,23)24)29-15-5-3-14(21)4-6-15;1-15(12-21-13-16(2)22-17(3)14-21)11-18-7-9-19(10-8-18)20(4,5)6/h3-9,11-13,28H,10H2,1-2H3;7-10,15-17H,11-14H2,1-6H3/t;15?,16-,17+. The first-order valence-corrected chi connectivity index (χ1v) is 17.9. The Morgan fingerprint density at radius 1 is 0.902 bits per heavy atom. The van der Waals surface area contributed by atoms with Gasteiger partial charge in [-0.25, -0.2) is 9.67 Å². The molecule has 278 valence electrons. The van der Waals surface area contributed by atoms with Gasteiger partial charge >= 0.3 is 6.18 Å². The van der Waals surface area contributed by atoms with Gasteiger partial charge < -0.3 is 14.6 Å². The van der Waals surface area contributed by atoms with E-state index >= 15 is 0 Å². The number of hydrogen-bond donors (Lipinski definition) is 1. The Kier molecular flexibility index (Phi) is 13.4. The summed E-state index contributed by atoms with van der Waals surface area (Å²) in [4.78, 5) is 6.35. The van der Waals surface area contributed by atoms with Crippen LogP contribution >= 0.6 is 11.6 Å². The highest BCUT2D eigenvalue weighted by Crippen LogP contribution is 2.43. The summed E-state index contributed by atoms with van der Waals surface area (Å²) in [5.41, 5.74) is 0.0653. The van der Waals surface area contributed by atoms with Crippen LogP contribution in [0.1, 0.15) is 77.6 Å². The number of hydrogen-bond acceptors (Lipinski definition) is 6. The van der Waals surface area contributed by atoms with Gasteiger partial charge in [0, 0.05) is 24.7 Å². The minimum absolute atomic E-state index is 0.00439. The first kappa shape index (κ1) is 40.3. The molecule has 2 heterocycles. The molecule has 0 spiro atoms. The predicted octanol–water partition coefficient (Wildman–Crippen LogP) is 9.56. The van der Waals surface area contributed by atoms with Gasteiger partial charge in [0.25, 0.3) is 0 Å². The Bertz CT molecular complexity index is 1650. The third-order valence-corrected chi connectivity index (χ3v) is 9.36. The second-order valence-corrected chi connectivity index (χ2v) is 15.6. The fourth-order valence-electron chi connectivity index (χ4n) is 6.46. The van der Waals surface area contributed by atoms with Gasteiger partial charge in [-0.1, -0.05) is 83.5 Å². The maximum absolute atomic E-state index is 13.9. The first-order chi connectivity index (χ1) is 23.8. The van der Waals surface area contributed by atoms with Crippen LogP contribution in [0.25, 0.3) is 0 Å². The van der Waals surface area contributed by atoms with Crippen molar-refractivity contribution in [2.24, 2.45) is 11.8 Å². The average molecular weight is 729 g/mol. The lowest BCUT2D eigenvalue weighted by Crippen LogP contribution is -2.47. The molecular formula is C40H52ClF3N4O3. The summed E-state index contributed by atoms with van der Waals surface area (Å²) in [6, 6.07) is 19.0. The van der Waals surface area contributed by atoms with Gasteiger partial charge in [0.05, 0.1) is 24.3 Å². The van der Waals surface area contributed by atoms with Gasteiger partial charge in [-0.3, -0.25) is 4.90 Å². The molecule has 7 nitrogen and oxygen atoms in total. The molecular weight excluding hydrogens is 677 g/mol. The Morgan fingerprint density at radius 2 is 1.51 bits per heavy atom. The highest BCUT2D eigenvalue weighted by Gasteiger charge is 2.43. The van der Waals surface area contributed by atoms with Gasteiger partial charge in [0.1, 0.15) is 29.8 Å². The molecule has 0 amide bonds. The van der Waals surface area contributed by atoms with Crippen LogP contribution < -0.4 is 4.74 Å². The van der Waals surface area contributed by atoms with Crippen LogP contribution in [-0.4, -0.2) is 56.6 Å². The topological polar surface area (TPSA) is 72.6 Å². The van der Waals surface area contributed by atoms with Crippen molar-refractivity contribution >= 4 is 11.6 Å². The molecule has 1 aliphatic heterocycles. The van der Waals surface area contributed by atoms with E-state index in [-0.39, 0.29) is 23.3 Å². The molecule has 0 saturated carbocycles. The zero-order valence-electron chi connectivity index (χ0n) is 30.9. The lowest BCUT2D eigenvalue weighted by Gasteiger charge is -2.36. The normalized spacial score (nSPS) is 18.9. The maximum atomic E-state index is 13.9. The minimum Gasteiger partial charge on any atom is -0.457 e. The summed E-state index contributed by atoms with van der Waals surface area (Å²) in [5.74, 6) is 0.487. The molecule has 0 aliphatic carbocycles. The Balaban J connectivity index is 0.000000238. The number of aliphatic hydroxyl groups is 1. The number of aromatic nitrogens is 3. The highest BCUT2D eigenvalue weighted by molar-refractivity contribution is 6.30. The molecule has 2 unspecified atom stereocenters. The van der Waals surface area contributed by atoms with Gasteiger partial charge in [0.15, 0.2) is 0 Å². The number of ether oxygens (including phenoxy) is 2. The van der Waals surface area contributed by atoms with Crippen molar-refractivity contribution in [3.63, 3.8) is 0 Å². The van der Waals surface area contributed by atoms with E-state index in [1.165, 1.54) is 47.1 Å². The summed E-state index contributed by atoms with van der Waals surface area (Å²) in [7, 11) is 0. The summed E-state index contributed by atoms with van der Waals surface area (Å²) < 4.78 is 54.3. The molecule has 3 aromatic carbocycles. The molecule has 1 fully saturated rings. The molecule has 4 atom stereocenters. The first-order valence-electron chi connectivity index (χ1n) is 17.5. The molecule has 1 aliphatic rings. The van der Waals surface area contributed by atoms with Crippen LogP contribution in [0.5, 0.6) is 11.5 Å². The maximum Gasteiger partial charge on any atom is 0.416 e. The molecule has 1 N–H and O–H groups in total. The molecule has 0 bridgehead atoms. The molecule has 1 saturated heterocycles. The lowest BCUT2D eigenvalue weighted by atomic mass is 9.80. The summed E-state index contributed by atoms with van der Waals surface area (Å²) >= 11 is 5.81. The van der Waals surface area contributed by atoms with Crippen LogP contribution in [0.3, 0.4) is 0 Å². The second kappa shape index (κ2) is 16.9. The smallest absolute Gasteiger partial charge is 0.416 e. The summed E-state index contributed by atoms with van der Waals surface area (Å²) in [6.45, 7) is 20.0. The molecule has 1 aromatic heterocycles. The quantitative estimate of drug-likeness (QED) is 0.175. The van der Waals surface area contributed by atoms with E-state index in [0.29, 0.717) is 28.9 Å². The number of nitrogens with zero attached hydrogens (tertiary/aromatic N) is 4. The van der Waals surface area contributed by atoms with Gasteiger partial charge in [-0.2, -0.15) is 18.3 Å². The van der Waals surface area contributed by atoms with E-state index in [9.17, 15) is 18.3 Å². The van der Waals surface area contributed by atoms with Crippen molar-refractivity contribution in [3.8, 4) is 11.5 Å². The van der Waals surface area contributed by atoms with Crippen LogP contribution in [0.4, 0.5) is 13.2 Å². The van der Waals surface area contributed by atoms with Gasteiger partial charge in [-0.15, -0.1) is 0 Å². The van der Waals surface area contributed by atoms with E-state index in [1.807, 2.05) is 0 Å². The van der Waals surface area contributed by atoms with Crippen LogP contribution in [-0.2, 0) is 34.9 Å². The number of halogens is 4. The van der Waals surface area contributed by atoms with Crippen molar-refractivity contribution in [1.82, 2.24) is 19.7 Å². The van der Waals surface area contributed by atoms with E-state index in [1.54, 1.807) is 38.1 Å². The number of rotatable bonds is 10. The van der Waals surface area contributed by atoms with Gasteiger partial charge in [0.2, 0.25) is 0 Å². The molecule has 0 radical (unpaired) electrons. The Hall–Kier alpha value is -3.44. The van der Waals surface area contributed by atoms with Crippen molar-refractivity contribution < 1.29 is 27.8 Å². The Labute approximate surface area is 305 Å².